The molecule has 5 unspecified atom stereocenters. The minimum Gasteiger partial charge on any atom is -0.390 e. The van der Waals surface area contributed by atoms with Crippen molar-refractivity contribution >= 4 is 8.07 Å². The van der Waals surface area contributed by atoms with Crippen molar-refractivity contribution in [2.24, 2.45) is 28.6 Å². The van der Waals surface area contributed by atoms with Gasteiger partial charge in [-0.3, -0.25) is 0 Å². The van der Waals surface area contributed by atoms with Crippen molar-refractivity contribution in [3.63, 3.8) is 0 Å². The summed E-state index contributed by atoms with van der Waals surface area (Å²) in [7, 11) is -0.988. The fraction of sp³-hybridized carbons (Fsp3) is 1.00. The number of hydrogen-bond donors (Lipinski definition) is 1. The van der Waals surface area contributed by atoms with Crippen molar-refractivity contribution in [3.05, 3.63) is 0 Å². The van der Waals surface area contributed by atoms with Gasteiger partial charge in [-0.25, -0.2) is 0 Å². The van der Waals surface area contributed by atoms with E-state index in [1.54, 1.807) is 0 Å². The SMILES string of the molecule is CC(C)C(C)C(C)(CCC(C)(C)C)C1C(O)C1OCCC[Si](C)(C)C. The molecule has 5 atom stereocenters. The Labute approximate surface area is 159 Å². The van der Waals surface area contributed by atoms with E-state index in [9.17, 15) is 5.11 Å². The summed E-state index contributed by atoms with van der Waals surface area (Å²) in [6, 6.07) is 1.31. The van der Waals surface area contributed by atoms with E-state index in [2.05, 4.69) is 68.1 Å². The second kappa shape index (κ2) is 8.44. The highest BCUT2D eigenvalue weighted by molar-refractivity contribution is 6.76. The number of ether oxygens (including phenoxy) is 1. The Hall–Kier alpha value is 0.137. The summed E-state index contributed by atoms with van der Waals surface area (Å²) in [6.07, 6.45) is 3.31. The van der Waals surface area contributed by atoms with Gasteiger partial charge >= 0.3 is 0 Å². The number of aliphatic hydroxyl groups excluding tert-OH is 1. The Morgan fingerprint density at radius 1 is 1.00 bits per heavy atom. The first-order valence-electron chi connectivity index (χ1n) is 10.5. The van der Waals surface area contributed by atoms with Crippen LogP contribution in [0.1, 0.15) is 67.7 Å². The first-order chi connectivity index (χ1) is 11.2. The monoisotopic (exact) mass is 370 g/mol. The highest BCUT2D eigenvalue weighted by atomic mass is 28.3. The zero-order valence-corrected chi connectivity index (χ0v) is 19.8. The van der Waals surface area contributed by atoms with Crippen LogP contribution in [0.3, 0.4) is 0 Å². The average molecular weight is 371 g/mol. The number of rotatable bonds is 10. The van der Waals surface area contributed by atoms with E-state index < -0.39 is 8.07 Å². The Balaban J connectivity index is 2.69. The quantitative estimate of drug-likeness (QED) is 0.365. The summed E-state index contributed by atoms with van der Waals surface area (Å²) < 4.78 is 6.15. The van der Waals surface area contributed by atoms with Crippen LogP contribution < -0.4 is 0 Å². The van der Waals surface area contributed by atoms with Crippen LogP contribution in [-0.4, -0.2) is 32.0 Å². The highest BCUT2D eigenvalue weighted by Crippen LogP contribution is 2.56. The zero-order chi connectivity index (χ0) is 19.6. The maximum Gasteiger partial charge on any atom is 0.0896 e. The molecule has 25 heavy (non-hydrogen) atoms. The lowest BCUT2D eigenvalue weighted by Crippen LogP contribution is -2.34. The molecule has 0 heterocycles. The molecular weight excluding hydrogens is 324 g/mol. The lowest BCUT2D eigenvalue weighted by atomic mass is 9.65. The van der Waals surface area contributed by atoms with Crippen LogP contribution in [-0.2, 0) is 4.74 Å². The van der Waals surface area contributed by atoms with Crippen molar-refractivity contribution in [1.29, 1.82) is 0 Å². The summed E-state index contributed by atoms with van der Waals surface area (Å²) in [5.41, 5.74) is 0.496. The Bertz CT molecular complexity index is 407. The third-order valence-electron chi connectivity index (χ3n) is 6.51. The average Bonchev–Trinajstić information content (AvgIpc) is 3.09. The molecule has 0 aromatic heterocycles. The third kappa shape index (κ3) is 6.99. The van der Waals surface area contributed by atoms with E-state index in [4.69, 9.17) is 4.74 Å². The summed E-state index contributed by atoms with van der Waals surface area (Å²) in [4.78, 5) is 0. The zero-order valence-electron chi connectivity index (χ0n) is 18.8. The molecule has 1 aliphatic carbocycles. The van der Waals surface area contributed by atoms with E-state index in [0.29, 0.717) is 23.2 Å². The molecule has 3 heteroatoms. The molecule has 1 aliphatic rings. The van der Waals surface area contributed by atoms with Crippen LogP contribution in [0.4, 0.5) is 0 Å². The van der Waals surface area contributed by atoms with Crippen LogP contribution in [0.15, 0.2) is 0 Å². The number of hydrogen-bond acceptors (Lipinski definition) is 2. The molecule has 1 N–H and O–H groups in total. The van der Waals surface area contributed by atoms with Gasteiger partial charge in [-0.2, -0.15) is 0 Å². The molecule has 1 saturated carbocycles. The molecule has 150 valence electrons. The van der Waals surface area contributed by atoms with Gasteiger partial charge in [0, 0.05) is 20.6 Å². The van der Waals surface area contributed by atoms with Gasteiger partial charge in [0.2, 0.25) is 0 Å². The Morgan fingerprint density at radius 2 is 1.56 bits per heavy atom. The van der Waals surface area contributed by atoms with E-state index >= 15 is 0 Å². The maximum absolute atomic E-state index is 10.6. The van der Waals surface area contributed by atoms with Crippen molar-refractivity contribution in [2.75, 3.05) is 6.61 Å². The van der Waals surface area contributed by atoms with Crippen molar-refractivity contribution < 1.29 is 9.84 Å². The summed E-state index contributed by atoms with van der Waals surface area (Å²) >= 11 is 0. The fourth-order valence-corrected chi connectivity index (χ4v) is 5.37. The van der Waals surface area contributed by atoms with Crippen LogP contribution in [0.5, 0.6) is 0 Å². The van der Waals surface area contributed by atoms with Gasteiger partial charge in [0.15, 0.2) is 0 Å². The number of aliphatic hydroxyl groups is 1. The van der Waals surface area contributed by atoms with E-state index in [-0.39, 0.29) is 17.6 Å². The standard InChI is InChI=1S/C22H46O2Si/c1-16(2)17(3)22(7,13-12-21(4,5)6)18-19(23)20(18)24-14-11-15-25(8,9)10/h16-20,23H,11-15H2,1-10H3. The largest absolute Gasteiger partial charge is 0.390 e. The second-order valence-electron chi connectivity index (χ2n) is 11.6. The molecule has 0 amide bonds. The summed E-state index contributed by atoms with van der Waals surface area (Å²) in [5, 5.41) is 10.6. The molecule has 1 fully saturated rings. The minimum atomic E-state index is -0.988. The molecule has 2 nitrogen and oxygen atoms in total. The molecule has 1 rings (SSSR count). The van der Waals surface area contributed by atoms with Gasteiger partial charge in [-0.1, -0.05) is 74.2 Å². The maximum atomic E-state index is 10.6. The van der Waals surface area contributed by atoms with Crippen LogP contribution in [0.2, 0.25) is 25.7 Å². The Kier molecular flexibility index (Phi) is 7.82. The fourth-order valence-electron chi connectivity index (χ4n) is 4.16. The molecule has 0 bridgehead atoms. The van der Waals surface area contributed by atoms with Gasteiger partial charge in [0.1, 0.15) is 0 Å². The first-order valence-corrected chi connectivity index (χ1v) is 14.2. The van der Waals surface area contributed by atoms with Crippen molar-refractivity contribution in [2.45, 2.75) is 106 Å². The molecule has 0 aromatic rings. The Morgan fingerprint density at radius 3 is 2.00 bits per heavy atom. The van der Waals surface area contributed by atoms with Crippen LogP contribution in [0.25, 0.3) is 0 Å². The summed E-state index contributed by atoms with van der Waals surface area (Å²) in [6.45, 7) is 24.4. The topological polar surface area (TPSA) is 29.5 Å². The van der Waals surface area contributed by atoms with Crippen LogP contribution >= 0.6 is 0 Å². The van der Waals surface area contributed by atoms with E-state index in [1.807, 2.05) is 0 Å². The molecule has 0 spiro atoms. The predicted molar refractivity (Wildman–Crippen MR) is 113 cm³/mol. The smallest absolute Gasteiger partial charge is 0.0896 e. The van der Waals surface area contributed by atoms with E-state index in [0.717, 1.165) is 13.0 Å². The lowest BCUT2D eigenvalue weighted by Gasteiger charge is -2.40. The van der Waals surface area contributed by atoms with E-state index in [1.165, 1.54) is 18.9 Å². The van der Waals surface area contributed by atoms with Crippen molar-refractivity contribution in [1.82, 2.24) is 0 Å². The van der Waals surface area contributed by atoms with Gasteiger partial charge < -0.3 is 9.84 Å². The van der Waals surface area contributed by atoms with Gasteiger partial charge in [0.05, 0.1) is 12.2 Å². The molecule has 0 aliphatic heterocycles. The highest BCUT2D eigenvalue weighted by Gasteiger charge is 2.61. The lowest BCUT2D eigenvalue weighted by molar-refractivity contribution is 0.0401. The van der Waals surface area contributed by atoms with Crippen LogP contribution in [0, 0.1) is 28.6 Å². The van der Waals surface area contributed by atoms with Gasteiger partial charge in [-0.15, -0.1) is 0 Å². The second-order valence-corrected chi connectivity index (χ2v) is 17.2. The molecule has 0 aromatic carbocycles. The summed E-state index contributed by atoms with van der Waals surface area (Å²) in [5.74, 6) is 1.52. The van der Waals surface area contributed by atoms with Gasteiger partial charge in [-0.05, 0) is 41.9 Å². The molecule has 0 saturated heterocycles. The van der Waals surface area contributed by atoms with Gasteiger partial charge in [0.25, 0.3) is 0 Å². The third-order valence-corrected chi connectivity index (χ3v) is 8.37. The first kappa shape index (κ1) is 23.2. The predicted octanol–water partition coefficient (Wildman–Crippen LogP) is 6.22. The van der Waals surface area contributed by atoms with Crippen molar-refractivity contribution in [3.8, 4) is 0 Å². The molecular formula is C22H46O2Si. The molecule has 0 radical (unpaired) electrons. The minimum absolute atomic E-state index is 0.0628. The normalized spacial score (nSPS) is 28.1.